The molecule has 1 unspecified atom stereocenters. The topological polar surface area (TPSA) is 21.3 Å². The van der Waals surface area contributed by atoms with Crippen LogP contribution in [0.1, 0.15) is 64.7 Å². The molecule has 0 aromatic carbocycles. The van der Waals surface area contributed by atoms with Gasteiger partial charge in [-0.3, -0.25) is 0 Å². The predicted octanol–water partition coefficient (Wildman–Crippen LogP) is 3.75. The number of rotatable bonds is 7. The van der Waals surface area contributed by atoms with Crippen molar-refractivity contribution in [2.24, 2.45) is 11.3 Å². The molecular weight excluding hydrogens is 222 g/mol. The minimum absolute atomic E-state index is 0.454. The van der Waals surface area contributed by atoms with Gasteiger partial charge in [0.05, 0.1) is 6.61 Å². The first-order chi connectivity index (χ1) is 8.85. The Labute approximate surface area is 113 Å². The van der Waals surface area contributed by atoms with Gasteiger partial charge in [0.25, 0.3) is 0 Å². The van der Waals surface area contributed by atoms with Gasteiger partial charge in [-0.05, 0) is 44.6 Å². The molecule has 18 heavy (non-hydrogen) atoms. The molecule has 0 bridgehead atoms. The predicted molar refractivity (Wildman–Crippen MR) is 76.8 cm³/mol. The Hall–Kier alpha value is -0.0800. The third-order valence-electron chi connectivity index (χ3n) is 4.89. The molecule has 1 N–H and O–H groups in total. The lowest BCUT2D eigenvalue weighted by Crippen LogP contribution is -2.41. The summed E-state index contributed by atoms with van der Waals surface area (Å²) >= 11 is 0. The van der Waals surface area contributed by atoms with E-state index in [0.717, 1.165) is 25.7 Å². The van der Waals surface area contributed by atoms with Crippen molar-refractivity contribution in [1.29, 1.82) is 0 Å². The standard InChI is InChI=1S/C16H31NO/c1-2-11-17-13-16(9-5-12-18-14-16)10-8-15-6-3-4-7-15/h15,17H,2-14H2,1H3. The zero-order valence-corrected chi connectivity index (χ0v) is 12.2. The SMILES string of the molecule is CCCNCC1(CCC2CCCC2)CCCOC1. The molecule has 0 aromatic rings. The van der Waals surface area contributed by atoms with Crippen molar-refractivity contribution < 1.29 is 4.74 Å². The van der Waals surface area contributed by atoms with E-state index in [0.29, 0.717) is 5.41 Å². The molecule has 2 heteroatoms. The minimum Gasteiger partial charge on any atom is -0.381 e. The van der Waals surface area contributed by atoms with Gasteiger partial charge in [0.15, 0.2) is 0 Å². The average molecular weight is 253 g/mol. The van der Waals surface area contributed by atoms with Crippen molar-refractivity contribution >= 4 is 0 Å². The van der Waals surface area contributed by atoms with Crippen LogP contribution in [0.3, 0.4) is 0 Å². The van der Waals surface area contributed by atoms with Crippen LogP contribution in [0.2, 0.25) is 0 Å². The summed E-state index contributed by atoms with van der Waals surface area (Å²) in [5.74, 6) is 1.02. The molecule has 1 aliphatic heterocycles. The van der Waals surface area contributed by atoms with Gasteiger partial charge in [-0.15, -0.1) is 0 Å². The van der Waals surface area contributed by atoms with Crippen LogP contribution in [0, 0.1) is 11.3 Å². The Morgan fingerprint density at radius 3 is 2.72 bits per heavy atom. The molecule has 1 heterocycles. The quantitative estimate of drug-likeness (QED) is 0.698. The maximum absolute atomic E-state index is 5.79. The number of hydrogen-bond acceptors (Lipinski definition) is 2. The molecule has 1 saturated carbocycles. The van der Waals surface area contributed by atoms with Gasteiger partial charge >= 0.3 is 0 Å². The molecule has 1 aliphatic carbocycles. The lowest BCUT2D eigenvalue weighted by molar-refractivity contribution is -0.0149. The molecule has 0 amide bonds. The molecule has 1 saturated heterocycles. The Bertz CT molecular complexity index is 217. The van der Waals surface area contributed by atoms with E-state index in [-0.39, 0.29) is 0 Å². The summed E-state index contributed by atoms with van der Waals surface area (Å²) in [6.45, 7) is 6.56. The van der Waals surface area contributed by atoms with Gasteiger partial charge < -0.3 is 10.1 Å². The van der Waals surface area contributed by atoms with E-state index in [2.05, 4.69) is 12.2 Å². The van der Waals surface area contributed by atoms with E-state index in [1.54, 1.807) is 0 Å². The monoisotopic (exact) mass is 253 g/mol. The van der Waals surface area contributed by atoms with Gasteiger partial charge in [0.1, 0.15) is 0 Å². The van der Waals surface area contributed by atoms with Crippen LogP contribution in [-0.2, 0) is 4.74 Å². The van der Waals surface area contributed by atoms with Crippen LogP contribution >= 0.6 is 0 Å². The second-order valence-electron chi connectivity index (χ2n) is 6.52. The second-order valence-corrected chi connectivity index (χ2v) is 6.52. The fraction of sp³-hybridized carbons (Fsp3) is 1.00. The summed E-state index contributed by atoms with van der Waals surface area (Å²) in [7, 11) is 0. The summed E-state index contributed by atoms with van der Waals surface area (Å²) in [5.41, 5.74) is 0.454. The Kier molecular flexibility index (Phi) is 5.97. The number of nitrogens with one attached hydrogen (secondary N) is 1. The van der Waals surface area contributed by atoms with Crippen LogP contribution in [-0.4, -0.2) is 26.3 Å². The second kappa shape index (κ2) is 7.49. The van der Waals surface area contributed by atoms with E-state index >= 15 is 0 Å². The maximum atomic E-state index is 5.79. The normalized spacial score (nSPS) is 29.8. The van der Waals surface area contributed by atoms with Crippen LogP contribution in [0.25, 0.3) is 0 Å². The molecule has 106 valence electrons. The first kappa shape index (κ1) is 14.3. The molecule has 2 aliphatic rings. The number of hydrogen-bond donors (Lipinski definition) is 1. The molecule has 0 spiro atoms. The summed E-state index contributed by atoms with van der Waals surface area (Å²) in [6, 6.07) is 0. The minimum atomic E-state index is 0.454. The van der Waals surface area contributed by atoms with Crippen molar-refractivity contribution in [3.63, 3.8) is 0 Å². The lowest BCUT2D eigenvalue weighted by atomic mass is 9.76. The van der Waals surface area contributed by atoms with Gasteiger partial charge in [0.2, 0.25) is 0 Å². The largest absolute Gasteiger partial charge is 0.381 e. The van der Waals surface area contributed by atoms with Crippen LogP contribution < -0.4 is 5.32 Å². The van der Waals surface area contributed by atoms with E-state index in [1.165, 1.54) is 64.3 Å². The van der Waals surface area contributed by atoms with Crippen molar-refractivity contribution in [1.82, 2.24) is 5.32 Å². The highest BCUT2D eigenvalue weighted by molar-refractivity contribution is 4.85. The van der Waals surface area contributed by atoms with Gasteiger partial charge in [-0.2, -0.15) is 0 Å². The van der Waals surface area contributed by atoms with E-state index in [9.17, 15) is 0 Å². The van der Waals surface area contributed by atoms with E-state index in [1.807, 2.05) is 0 Å². The van der Waals surface area contributed by atoms with Crippen molar-refractivity contribution in [3.8, 4) is 0 Å². The molecule has 2 rings (SSSR count). The van der Waals surface area contributed by atoms with Crippen molar-refractivity contribution in [2.45, 2.75) is 64.7 Å². The van der Waals surface area contributed by atoms with Crippen LogP contribution in [0.4, 0.5) is 0 Å². The average Bonchev–Trinajstić information content (AvgIpc) is 2.91. The first-order valence-electron chi connectivity index (χ1n) is 8.13. The molecular formula is C16H31NO. The Morgan fingerprint density at radius 1 is 1.22 bits per heavy atom. The third kappa shape index (κ3) is 4.24. The van der Waals surface area contributed by atoms with Crippen LogP contribution in [0.15, 0.2) is 0 Å². The van der Waals surface area contributed by atoms with Gasteiger partial charge in [-0.25, -0.2) is 0 Å². The summed E-state index contributed by atoms with van der Waals surface area (Å²) in [5, 5.41) is 3.64. The summed E-state index contributed by atoms with van der Waals surface area (Å²) < 4.78 is 5.79. The third-order valence-corrected chi connectivity index (χ3v) is 4.89. The van der Waals surface area contributed by atoms with Crippen molar-refractivity contribution in [3.05, 3.63) is 0 Å². The van der Waals surface area contributed by atoms with Crippen molar-refractivity contribution in [2.75, 3.05) is 26.3 Å². The zero-order chi connectivity index (χ0) is 12.7. The van der Waals surface area contributed by atoms with Gasteiger partial charge in [-0.1, -0.05) is 32.6 Å². The smallest absolute Gasteiger partial charge is 0.0534 e. The highest BCUT2D eigenvalue weighted by atomic mass is 16.5. The highest BCUT2D eigenvalue weighted by Gasteiger charge is 2.33. The first-order valence-corrected chi connectivity index (χ1v) is 8.13. The van der Waals surface area contributed by atoms with E-state index in [4.69, 9.17) is 4.74 Å². The fourth-order valence-corrected chi connectivity index (χ4v) is 3.67. The Morgan fingerprint density at radius 2 is 2.06 bits per heavy atom. The molecule has 1 atom stereocenters. The fourth-order valence-electron chi connectivity index (χ4n) is 3.67. The highest BCUT2D eigenvalue weighted by Crippen LogP contribution is 2.37. The van der Waals surface area contributed by atoms with Gasteiger partial charge in [0, 0.05) is 18.6 Å². The van der Waals surface area contributed by atoms with E-state index < -0.39 is 0 Å². The zero-order valence-electron chi connectivity index (χ0n) is 12.2. The Balaban J connectivity index is 1.78. The molecule has 2 fully saturated rings. The molecule has 0 aromatic heterocycles. The maximum Gasteiger partial charge on any atom is 0.0534 e. The summed E-state index contributed by atoms with van der Waals surface area (Å²) in [4.78, 5) is 0. The summed E-state index contributed by atoms with van der Waals surface area (Å²) in [6.07, 6.45) is 12.6. The van der Waals surface area contributed by atoms with Crippen LogP contribution in [0.5, 0.6) is 0 Å². The number of ether oxygens (including phenoxy) is 1. The molecule has 0 radical (unpaired) electrons. The molecule has 2 nitrogen and oxygen atoms in total. The lowest BCUT2D eigenvalue weighted by Gasteiger charge is -2.38.